The molecule has 2 aliphatic rings. The molecule has 0 bridgehead atoms. The fourth-order valence-corrected chi connectivity index (χ4v) is 5.93. The summed E-state index contributed by atoms with van der Waals surface area (Å²) in [6.45, 7) is 5.01. The van der Waals surface area contributed by atoms with Crippen LogP contribution >= 0.6 is 0 Å². The van der Waals surface area contributed by atoms with Gasteiger partial charge in [-0.15, -0.1) is 0 Å². The molecule has 0 radical (unpaired) electrons. The second-order valence-electron chi connectivity index (χ2n) is 11.8. The first-order valence-electron chi connectivity index (χ1n) is 15.5. The smallest absolute Gasteiger partial charge is 0.379 e. The second kappa shape index (κ2) is 14.8. The van der Waals surface area contributed by atoms with Crippen molar-refractivity contribution in [1.82, 2.24) is 10.2 Å². The first kappa shape index (κ1) is 34.2. The maximum absolute atomic E-state index is 13.5. The van der Waals surface area contributed by atoms with Crippen LogP contribution in [0.25, 0.3) is 0 Å². The quantitative estimate of drug-likeness (QED) is 0.256. The Morgan fingerprint density at radius 2 is 1.43 bits per heavy atom. The molecule has 2 amide bonds. The molecule has 47 heavy (non-hydrogen) atoms. The van der Waals surface area contributed by atoms with E-state index in [0.717, 1.165) is 32.4 Å². The van der Waals surface area contributed by atoms with Crippen molar-refractivity contribution in [2.24, 2.45) is 5.92 Å². The topological polar surface area (TPSA) is 73.9 Å². The SMILES string of the molecule is O=C(Nc1ccc(N2CCC(Cc3ccccc3)CC2)c(C(=O)NCCN2CCOCC2)c1)c1cc(C(F)(F)F)cc(C(F)(F)F)c1. The normalized spacial score (nSPS) is 16.6. The lowest BCUT2D eigenvalue weighted by molar-refractivity contribution is -0.143. The van der Waals surface area contributed by atoms with Gasteiger partial charge < -0.3 is 20.3 Å². The average molecular weight is 663 g/mol. The van der Waals surface area contributed by atoms with Crippen molar-refractivity contribution >= 4 is 23.2 Å². The van der Waals surface area contributed by atoms with E-state index in [-0.39, 0.29) is 17.3 Å². The first-order chi connectivity index (χ1) is 22.4. The van der Waals surface area contributed by atoms with Gasteiger partial charge in [0, 0.05) is 56.2 Å². The van der Waals surface area contributed by atoms with Gasteiger partial charge in [-0.05, 0) is 67.1 Å². The number of halogens is 6. The number of hydrogen-bond acceptors (Lipinski definition) is 5. The van der Waals surface area contributed by atoms with Gasteiger partial charge in [0.2, 0.25) is 0 Å². The van der Waals surface area contributed by atoms with Crippen LogP contribution in [0.4, 0.5) is 37.7 Å². The Hall–Kier alpha value is -4.10. The van der Waals surface area contributed by atoms with E-state index in [1.165, 1.54) is 17.7 Å². The number of nitrogens with zero attached hydrogens (tertiary/aromatic N) is 2. The molecule has 0 aliphatic carbocycles. The van der Waals surface area contributed by atoms with E-state index in [1.54, 1.807) is 6.07 Å². The molecule has 13 heteroatoms. The maximum Gasteiger partial charge on any atom is 0.416 e. The van der Waals surface area contributed by atoms with E-state index in [1.807, 2.05) is 18.2 Å². The number of carbonyl (C=O) groups excluding carboxylic acids is 2. The largest absolute Gasteiger partial charge is 0.416 e. The molecule has 2 fully saturated rings. The van der Waals surface area contributed by atoms with Gasteiger partial charge in [0.15, 0.2) is 0 Å². The van der Waals surface area contributed by atoms with Crippen molar-refractivity contribution in [2.45, 2.75) is 31.6 Å². The van der Waals surface area contributed by atoms with Gasteiger partial charge in [-0.3, -0.25) is 14.5 Å². The number of rotatable bonds is 9. The molecule has 7 nitrogen and oxygen atoms in total. The predicted molar refractivity (Wildman–Crippen MR) is 166 cm³/mol. The van der Waals surface area contributed by atoms with E-state index in [4.69, 9.17) is 4.74 Å². The standard InChI is InChI=1S/C34H36F6N4O3/c35-33(36,37)26-19-25(20-27(21-26)34(38,39)40)31(45)42-28-6-7-30(29(22-28)32(46)41-10-13-43-14-16-47-17-15-43)44-11-8-24(9-12-44)18-23-4-2-1-3-5-23/h1-7,19-22,24H,8-18H2,(H,41,46)(H,42,45). The number of benzene rings is 3. The Kier molecular flexibility index (Phi) is 10.8. The number of morpholine rings is 1. The lowest BCUT2D eigenvalue weighted by Gasteiger charge is -2.35. The summed E-state index contributed by atoms with van der Waals surface area (Å²) in [7, 11) is 0. The molecular weight excluding hydrogens is 626 g/mol. The van der Waals surface area contributed by atoms with E-state index >= 15 is 0 Å². The Bertz CT molecular complexity index is 1500. The van der Waals surface area contributed by atoms with Gasteiger partial charge in [0.1, 0.15) is 0 Å². The molecule has 0 unspecified atom stereocenters. The number of ether oxygens (including phenoxy) is 1. The lowest BCUT2D eigenvalue weighted by atomic mass is 9.89. The highest BCUT2D eigenvalue weighted by molar-refractivity contribution is 6.06. The zero-order valence-corrected chi connectivity index (χ0v) is 25.6. The van der Waals surface area contributed by atoms with Crippen molar-refractivity contribution in [2.75, 3.05) is 62.7 Å². The lowest BCUT2D eigenvalue weighted by Crippen LogP contribution is -2.41. The molecule has 5 rings (SSSR count). The van der Waals surface area contributed by atoms with Gasteiger partial charge in [-0.2, -0.15) is 26.3 Å². The number of piperidine rings is 1. The fourth-order valence-electron chi connectivity index (χ4n) is 5.93. The summed E-state index contributed by atoms with van der Waals surface area (Å²) in [6.07, 6.45) is -7.47. The van der Waals surface area contributed by atoms with Crippen LogP contribution in [0.15, 0.2) is 66.7 Å². The molecule has 3 aromatic rings. The Balaban J connectivity index is 1.35. The van der Waals surface area contributed by atoms with Gasteiger partial charge >= 0.3 is 12.4 Å². The first-order valence-corrected chi connectivity index (χ1v) is 15.5. The molecule has 0 saturated carbocycles. The summed E-state index contributed by atoms with van der Waals surface area (Å²) < 4.78 is 85.7. The third-order valence-corrected chi connectivity index (χ3v) is 8.49. The monoisotopic (exact) mass is 662 g/mol. The Labute approximate surface area is 268 Å². The third kappa shape index (κ3) is 9.25. The van der Waals surface area contributed by atoms with Crippen LogP contribution in [0.1, 0.15) is 50.2 Å². The van der Waals surface area contributed by atoms with E-state index in [9.17, 15) is 35.9 Å². The summed E-state index contributed by atoms with van der Waals surface area (Å²) in [5.41, 5.74) is -1.81. The van der Waals surface area contributed by atoms with Gasteiger partial charge in [0.05, 0.1) is 29.9 Å². The number of anilines is 2. The summed E-state index contributed by atoms with van der Waals surface area (Å²) in [5, 5.41) is 5.31. The molecule has 2 saturated heterocycles. The number of alkyl halides is 6. The van der Waals surface area contributed by atoms with Gasteiger partial charge in [-0.25, -0.2) is 0 Å². The predicted octanol–water partition coefficient (Wildman–Crippen LogP) is 6.50. The summed E-state index contributed by atoms with van der Waals surface area (Å²) in [6, 6.07) is 15.5. The molecule has 0 atom stereocenters. The minimum atomic E-state index is -5.10. The molecule has 3 aromatic carbocycles. The van der Waals surface area contributed by atoms with E-state index in [0.29, 0.717) is 63.1 Å². The van der Waals surface area contributed by atoms with Crippen LogP contribution in [-0.4, -0.2) is 69.2 Å². The van der Waals surface area contributed by atoms with Crippen LogP contribution in [0.2, 0.25) is 0 Å². The number of carbonyl (C=O) groups is 2. The van der Waals surface area contributed by atoms with Crippen LogP contribution in [0.3, 0.4) is 0 Å². The second-order valence-corrected chi connectivity index (χ2v) is 11.8. The maximum atomic E-state index is 13.5. The van der Waals surface area contributed by atoms with Crippen LogP contribution in [0, 0.1) is 5.92 Å². The molecule has 252 valence electrons. The third-order valence-electron chi connectivity index (χ3n) is 8.49. The van der Waals surface area contributed by atoms with Gasteiger partial charge in [-0.1, -0.05) is 30.3 Å². The van der Waals surface area contributed by atoms with Crippen LogP contribution in [0.5, 0.6) is 0 Å². The number of amides is 2. The van der Waals surface area contributed by atoms with Crippen LogP contribution in [-0.2, 0) is 23.5 Å². The van der Waals surface area contributed by atoms with E-state index < -0.39 is 40.9 Å². The highest BCUT2D eigenvalue weighted by Gasteiger charge is 2.37. The van der Waals surface area contributed by atoms with Crippen molar-refractivity contribution in [3.05, 3.63) is 94.5 Å². The Morgan fingerprint density at radius 1 is 0.787 bits per heavy atom. The van der Waals surface area contributed by atoms with Crippen molar-refractivity contribution in [1.29, 1.82) is 0 Å². The number of nitrogens with one attached hydrogen (secondary N) is 2. The van der Waals surface area contributed by atoms with Crippen molar-refractivity contribution in [3.8, 4) is 0 Å². The van der Waals surface area contributed by atoms with Crippen molar-refractivity contribution < 1.29 is 40.7 Å². The molecule has 2 heterocycles. The van der Waals surface area contributed by atoms with Gasteiger partial charge in [0.25, 0.3) is 11.8 Å². The molecular formula is C34H36F6N4O3. The minimum absolute atomic E-state index is 0.0338. The summed E-state index contributed by atoms with van der Waals surface area (Å²) >= 11 is 0. The molecule has 0 aromatic heterocycles. The van der Waals surface area contributed by atoms with E-state index in [2.05, 4.69) is 32.6 Å². The van der Waals surface area contributed by atoms with Crippen molar-refractivity contribution in [3.63, 3.8) is 0 Å². The highest BCUT2D eigenvalue weighted by Crippen LogP contribution is 2.37. The average Bonchev–Trinajstić information content (AvgIpc) is 3.05. The summed E-state index contributed by atoms with van der Waals surface area (Å²) in [4.78, 5) is 30.8. The number of hydrogen-bond donors (Lipinski definition) is 2. The zero-order chi connectivity index (χ0) is 33.6. The molecule has 2 N–H and O–H groups in total. The molecule has 0 spiro atoms. The Morgan fingerprint density at radius 3 is 2.04 bits per heavy atom. The minimum Gasteiger partial charge on any atom is -0.379 e. The fraction of sp³-hybridized carbons (Fsp3) is 0.412. The highest BCUT2D eigenvalue weighted by atomic mass is 19.4. The zero-order valence-electron chi connectivity index (χ0n) is 25.6. The van der Waals surface area contributed by atoms with Crippen LogP contribution < -0.4 is 15.5 Å². The molecule has 2 aliphatic heterocycles. The summed E-state index contributed by atoms with van der Waals surface area (Å²) in [5.74, 6) is -1.11.